The van der Waals surface area contributed by atoms with Crippen LogP contribution in [0.3, 0.4) is 0 Å². The van der Waals surface area contributed by atoms with Crippen molar-refractivity contribution in [3.8, 4) is 23.0 Å². The van der Waals surface area contributed by atoms with Crippen LogP contribution in [-0.4, -0.2) is 50.3 Å². The van der Waals surface area contributed by atoms with Gasteiger partial charge in [-0.2, -0.15) is 0 Å². The zero-order chi connectivity index (χ0) is 24.6. The van der Waals surface area contributed by atoms with Gasteiger partial charge in [-0.15, -0.1) is 6.58 Å². The maximum Gasteiger partial charge on any atom is 0.161 e. The first-order chi connectivity index (χ1) is 17.2. The van der Waals surface area contributed by atoms with E-state index in [0.717, 1.165) is 25.7 Å². The highest BCUT2D eigenvalue weighted by Crippen LogP contribution is 2.31. The highest BCUT2D eigenvalue weighted by Gasteiger charge is 2.30. The molecule has 192 valence electrons. The highest BCUT2D eigenvalue weighted by atomic mass is 16.6. The first-order valence-electron chi connectivity index (χ1n) is 12.8. The average molecular weight is 485 g/mol. The normalized spacial score (nSPS) is 16.4. The van der Waals surface area contributed by atoms with Gasteiger partial charge >= 0.3 is 0 Å². The fraction of sp³-hybridized carbons (Fsp3) is 0.517. The van der Waals surface area contributed by atoms with Gasteiger partial charge in [0, 0.05) is 0 Å². The SMILES string of the molecule is C=CCCCCCCCCC1(O)COc2ccccc2OCCOCCOc2ccccc2OC1. The van der Waals surface area contributed by atoms with Gasteiger partial charge in [0.15, 0.2) is 23.0 Å². The molecule has 1 aliphatic rings. The molecule has 0 spiro atoms. The Labute approximate surface area is 209 Å². The van der Waals surface area contributed by atoms with Crippen LogP contribution < -0.4 is 18.9 Å². The van der Waals surface area contributed by atoms with E-state index in [1.165, 1.54) is 19.3 Å². The summed E-state index contributed by atoms with van der Waals surface area (Å²) in [6, 6.07) is 15.0. The Kier molecular flexibility index (Phi) is 11.8. The fourth-order valence-corrected chi connectivity index (χ4v) is 3.96. The fourth-order valence-electron chi connectivity index (χ4n) is 3.96. The predicted octanol–water partition coefficient (Wildman–Crippen LogP) is 5.97. The van der Waals surface area contributed by atoms with Crippen LogP contribution in [0.1, 0.15) is 51.4 Å². The summed E-state index contributed by atoms with van der Waals surface area (Å²) in [6.45, 7) is 5.66. The number of hydrogen-bond donors (Lipinski definition) is 1. The molecule has 0 saturated heterocycles. The second-order valence-electron chi connectivity index (χ2n) is 8.95. The van der Waals surface area contributed by atoms with E-state index in [-0.39, 0.29) is 13.2 Å². The van der Waals surface area contributed by atoms with E-state index in [1.54, 1.807) is 0 Å². The first kappa shape index (κ1) is 26.9. The summed E-state index contributed by atoms with van der Waals surface area (Å²) in [6.07, 6.45) is 10.4. The van der Waals surface area contributed by atoms with Crippen molar-refractivity contribution < 1.29 is 28.8 Å². The molecule has 0 unspecified atom stereocenters. The molecule has 1 N–H and O–H groups in total. The standard InChI is InChI=1S/C29H40O6/c1-2-3-4-5-6-7-8-13-18-29(30)23-34-27-16-11-9-14-25(27)32-21-19-31-20-22-33-26-15-10-12-17-28(26)35-24-29/h2,9-12,14-17,30H,1,3-8,13,18-24H2. The molecule has 3 rings (SSSR count). The molecule has 0 radical (unpaired) electrons. The molecule has 0 amide bonds. The molecule has 2 aromatic rings. The number of fused-ring (bicyclic) bond motifs is 2. The number of unbranched alkanes of at least 4 members (excludes halogenated alkanes) is 6. The van der Waals surface area contributed by atoms with Crippen molar-refractivity contribution in [2.75, 3.05) is 39.6 Å². The van der Waals surface area contributed by atoms with Gasteiger partial charge in [-0.3, -0.25) is 0 Å². The first-order valence-corrected chi connectivity index (χ1v) is 12.8. The van der Waals surface area contributed by atoms with Crippen molar-refractivity contribution in [1.29, 1.82) is 0 Å². The monoisotopic (exact) mass is 484 g/mol. The Morgan fingerprint density at radius 1 is 0.657 bits per heavy atom. The lowest BCUT2D eigenvalue weighted by Gasteiger charge is -2.29. The molecule has 0 atom stereocenters. The molecule has 1 heterocycles. The molecule has 0 fully saturated rings. The van der Waals surface area contributed by atoms with Gasteiger partial charge in [0.25, 0.3) is 0 Å². The third-order valence-electron chi connectivity index (χ3n) is 5.96. The number of hydrogen-bond acceptors (Lipinski definition) is 6. The molecule has 35 heavy (non-hydrogen) atoms. The van der Waals surface area contributed by atoms with Crippen molar-refractivity contribution in [2.24, 2.45) is 0 Å². The van der Waals surface area contributed by atoms with Gasteiger partial charge in [-0.1, -0.05) is 62.4 Å². The van der Waals surface area contributed by atoms with E-state index in [4.69, 9.17) is 23.7 Å². The molecule has 6 heteroatoms. The van der Waals surface area contributed by atoms with E-state index in [9.17, 15) is 5.11 Å². The minimum absolute atomic E-state index is 0.103. The summed E-state index contributed by atoms with van der Waals surface area (Å²) in [5.41, 5.74) is -1.15. The van der Waals surface area contributed by atoms with E-state index in [0.29, 0.717) is 55.8 Å². The second-order valence-corrected chi connectivity index (χ2v) is 8.95. The number of para-hydroxylation sites is 4. The molecule has 0 saturated carbocycles. The van der Waals surface area contributed by atoms with Crippen LogP contribution in [-0.2, 0) is 4.74 Å². The molecule has 6 nitrogen and oxygen atoms in total. The van der Waals surface area contributed by atoms with E-state index in [2.05, 4.69) is 6.58 Å². The average Bonchev–Trinajstić information content (AvgIpc) is 2.88. The topological polar surface area (TPSA) is 66.4 Å². The van der Waals surface area contributed by atoms with Crippen molar-refractivity contribution in [1.82, 2.24) is 0 Å². The van der Waals surface area contributed by atoms with Crippen LogP contribution in [0.2, 0.25) is 0 Å². The maximum atomic E-state index is 11.5. The van der Waals surface area contributed by atoms with Crippen LogP contribution in [0.15, 0.2) is 61.2 Å². The van der Waals surface area contributed by atoms with Gasteiger partial charge in [0.1, 0.15) is 32.0 Å². The van der Waals surface area contributed by atoms with Crippen LogP contribution in [0.4, 0.5) is 0 Å². The number of aliphatic hydroxyl groups is 1. The van der Waals surface area contributed by atoms with Crippen molar-refractivity contribution in [2.45, 2.75) is 57.0 Å². The van der Waals surface area contributed by atoms with Gasteiger partial charge in [-0.25, -0.2) is 0 Å². The largest absolute Gasteiger partial charge is 0.487 e. The summed E-state index contributed by atoms with van der Waals surface area (Å²) in [4.78, 5) is 0. The quantitative estimate of drug-likeness (QED) is 0.349. The number of ether oxygens (including phenoxy) is 5. The lowest BCUT2D eigenvalue weighted by Crippen LogP contribution is -2.42. The van der Waals surface area contributed by atoms with Gasteiger partial charge < -0.3 is 28.8 Å². The summed E-state index contributed by atoms with van der Waals surface area (Å²) in [5, 5.41) is 11.5. The molecular formula is C29H40O6. The van der Waals surface area contributed by atoms with Gasteiger partial charge in [0.2, 0.25) is 0 Å². The highest BCUT2D eigenvalue weighted by molar-refractivity contribution is 5.40. The number of benzene rings is 2. The lowest BCUT2D eigenvalue weighted by molar-refractivity contribution is -0.0486. The number of rotatable bonds is 9. The van der Waals surface area contributed by atoms with Crippen molar-refractivity contribution >= 4 is 0 Å². The number of allylic oxidation sites excluding steroid dienone is 1. The maximum absolute atomic E-state index is 11.5. The van der Waals surface area contributed by atoms with Gasteiger partial charge in [0.05, 0.1) is 13.2 Å². The molecule has 1 aliphatic heterocycles. The minimum atomic E-state index is -1.15. The van der Waals surface area contributed by atoms with Crippen molar-refractivity contribution in [3.05, 3.63) is 61.2 Å². The minimum Gasteiger partial charge on any atom is -0.487 e. The Morgan fingerprint density at radius 3 is 1.63 bits per heavy atom. The molecule has 2 aromatic carbocycles. The van der Waals surface area contributed by atoms with E-state index >= 15 is 0 Å². The molecule has 0 aliphatic carbocycles. The lowest BCUT2D eigenvalue weighted by atomic mass is 9.97. The second kappa shape index (κ2) is 15.3. The molecule has 0 aromatic heterocycles. The zero-order valence-corrected chi connectivity index (χ0v) is 20.8. The Bertz CT molecular complexity index is 812. The predicted molar refractivity (Wildman–Crippen MR) is 138 cm³/mol. The van der Waals surface area contributed by atoms with Crippen LogP contribution in [0.25, 0.3) is 0 Å². The summed E-state index contributed by atoms with van der Waals surface area (Å²) >= 11 is 0. The van der Waals surface area contributed by atoms with Crippen LogP contribution >= 0.6 is 0 Å². The summed E-state index contributed by atoms with van der Waals surface area (Å²) in [7, 11) is 0. The van der Waals surface area contributed by atoms with Crippen LogP contribution in [0.5, 0.6) is 23.0 Å². The third kappa shape index (κ3) is 9.82. The summed E-state index contributed by atoms with van der Waals surface area (Å²) in [5.74, 6) is 2.47. The van der Waals surface area contributed by atoms with Crippen molar-refractivity contribution in [3.63, 3.8) is 0 Å². The Morgan fingerprint density at radius 2 is 1.11 bits per heavy atom. The third-order valence-corrected chi connectivity index (χ3v) is 5.96. The Hall–Kier alpha value is -2.70. The smallest absolute Gasteiger partial charge is 0.161 e. The van der Waals surface area contributed by atoms with Crippen LogP contribution in [0, 0.1) is 0 Å². The Balaban J connectivity index is 1.65. The molecular weight excluding hydrogens is 444 g/mol. The van der Waals surface area contributed by atoms with E-state index < -0.39 is 5.60 Å². The van der Waals surface area contributed by atoms with E-state index in [1.807, 2.05) is 54.6 Å². The zero-order valence-electron chi connectivity index (χ0n) is 20.8. The molecule has 0 bridgehead atoms. The van der Waals surface area contributed by atoms with Gasteiger partial charge in [-0.05, 0) is 43.5 Å². The summed E-state index contributed by atoms with van der Waals surface area (Å²) < 4.78 is 29.5.